The van der Waals surface area contributed by atoms with Crippen LogP contribution in [0.2, 0.25) is 0 Å². The molecule has 1 heterocycles. The predicted molar refractivity (Wildman–Crippen MR) is 80.4 cm³/mol. The van der Waals surface area contributed by atoms with Crippen molar-refractivity contribution in [3.8, 4) is 0 Å². The molecular weight excluding hydrogens is 250 g/mol. The Labute approximate surface area is 121 Å². The third-order valence-corrected chi connectivity index (χ3v) is 4.36. The summed E-state index contributed by atoms with van der Waals surface area (Å²) in [5, 5.41) is 0. The number of likely N-dealkylation sites (tertiary alicyclic amines) is 1. The molecule has 0 bridgehead atoms. The van der Waals surface area contributed by atoms with E-state index >= 15 is 0 Å². The van der Waals surface area contributed by atoms with Gasteiger partial charge in [-0.25, -0.2) is 0 Å². The van der Waals surface area contributed by atoms with E-state index in [1.807, 2.05) is 19.9 Å². The quantitative estimate of drug-likeness (QED) is 0.771. The topological polar surface area (TPSA) is 29.5 Å². The van der Waals surface area contributed by atoms with Crippen molar-refractivity contribution in [2.45, 2.75) is 45.7 Å². The molecule has 0 N–H and O–H groups in total. The first-order chi connectivity index (χ1) is 9.65. The van der Waals surface area contributed by atoms with Crippen molar-refractivity contribution in [1.82, 2.24) is 4.90 Å². The Bertz CT molecular complexity index is 432. The Balaban J connectivity index is 2.09. The van der Waals surface area contributed by atoms with Crippen LogP contribution in [0.3, 0.4) is 0 Å². The van der Waals surface area contributed by atoms with Gasteiger partial charge in [0.1, 0.15) is 0 Å². The zero-order chi connectivity index (χ0) is 14.5. The molecule has 1 fully saturated rings. The highest BCUT2D eigenvalue weighted by Gasteiger charge is 2.36. The van der Waals surface area contributed by atoms with Crippen LogP contribution in [0.25, 0.3) is 0 Å². The molecule has 1 aromatic rings. The van der Waals surface area contributed by atoms with Crippen LogP contribution in [-0.2, 0) is 9.53 Å². The van der Waals surface area contributed by atoms with Crippen LogP contribution in [0.15, 0.2) is 30.3 Å². The van der Waals surface area contributed by atoms with E-state index < -0.39 is 0 Å². The molecule has 0 saturated carbocycles. The normalized spacial score (nSPS) is 22.4. The number of hydrogen-bond acceptors (Lipinski definition) is 3. The smallest absolute Gasteiger partial charge is 0.310 e. The lowest BCUT2D eigenvalue weighted by Gasteiger charge is -2.33. The average Bonchev–Trinajstić information content (AvgIpc) is 2.96. The van der Waals surface area contributed by atoms with Gasteiger partial charge in [0.25, 0.3) is 0 Å². The first-order valence-corrected chi connectivity index (χ1v) is 7.62. The van der Waals surface area contributed by atoms with Gasteiger partial charge in [-0.1, -0.05) is 37.3 Å². The Morgan fingerprint density at radius 3 is 2.70 bits per heavy atom. The maximum absolute atomic E-state index is 12.0. The minimum absolute atomic E-state index is 0.0522. The summed E-state index contributed by atoms with van der Waals surface area (Å²) in [5.74, 6) is -0.117. The lowest BCUT2D eigenvalue weighted by Crippen LogP contribution is -2.40. The number of carbonyl (C=O) groups is 1. The Hall–Kier alpha value is -1.35. The fraction of sp³-hybridized carbons (Fsp3) is 0.588. The third-order valence-electron chi connectivity index (χ3n) is 4.36. The van der Waals surface area contributed by atoms with E-state index in [0.717, 1.165) is 19.4 Å². The molecule has 0 aromatic heterocycles. The van der Waals surface area contributed by atoms with Gasteiger partial charge >= 0.3 is 5.97 Å². The molecule has 3 nitrogen and oxygen atoms in total. The SMILES string of the molecule is CCOC(=O)[C@H](C)[C@@H]1CCCN1[C@@H](C)c1ccccc1. The second-order valence-electron chi connectivity index (χ2n) is 5.57. The standard InChI is InChI=1S/C17H25NO2/c1-4-20-17(19)13(2)16-11-8-12-18(16)14(3)15-9-6-5-7-10-15/h5-7,9-10,13-14,16H,4,8,11-12H2,1-3H3/t13-,14+,16+/m1/s1. The van der Waals surface area contributed by atoms with E-state index in [4.69, 9.17) is 4.74 Å². The first-order valence-electron chi connectivity index (χ1n) is 7.62. The van der Waals surface area contributed by atoms with Gasteiger partial charge < -0.3 is 4.74 Å². The minimum atomic E-state index is -0.0651. The summed E-state index contributed by atoms with van der Waals surface area (Å²) in [5.41, 5.74) is 1.32. The van der Waals surface area contributed by atoms with Crippen molar-refractivity contribution in [3.63, 3.8) is 0 Å². The molecule has 1 aromatic carbocycles. The summed E-state index contributed by atoms with van der Waals surface area (Å²) in [4.78, 5) is 14.4. The summed E-state index contributed by atoms with van der Waals surface area (Å²) in [6.45, 7) is 7.61. The van der Waals surface area contributed by atoms with Crippen molar-refractivity contribution in [1.29, 1.82) is 0 Å². The third kappa shape index (κ3) is 3.21. The van der Waals surface area contributed by atoms with Gasteiger partial charge in [0.2, 0.25) is 0 Å². The lowest BCUT2D eigenvalue weighted by atomic mass is 9.97. The second-order valence-corrected chi connectivity index (χ2v) is 5.57. The number of rotatable bonds is 5. The van der Waals surface area contributed by atoms with Gasteiger partial charge in [-0.05, 0) is 38.8 Å². The largest absolute Gasteiger partial charge is 0.466 e. The van der Waals surface area contributed by atoms with E-state index in [-0.39, 0.29) is 11.9 Å². The van der Waals surface area contributed by atoms with Crippen LogP contribution < -0.4 is 0 Å². The average molecular weight is 275 g/mol. The summed E-state index contributed by atoms with van der Waals surface area (Å²) in [6, 6.07) is 11.2. The monoisotopic (exact) mass is 275 g/mol. The Kier molecular flexibility index (Phi) is 5.18. The van der Waals surface area contributed by atoms with Crippen LogP contribution in [0.1, 0.15) is 45.2 Å². The fourth-order valence-electron chi connectivity index (χ4n) is 3.19. The summed E-state index contributed by atoms with van der Waals surface area (Å²) < 4.78 is 5.18. The van der Waals surface area contributed by atoms with E-state index in [0.29, 0.717) is 18.7 Å². The number of ether oxygens (including phenoxy) is 1. The molecule has 0 aliphatic carbocycles. The van der Waals surface area contributed by atoms with E-state index in [1.165, 1.54) is 5.56 Å². The van der Waals surface area contributed by atoms with Crippen molar-refractivity contribution < 1.29 is 9.53 Å². The van der Waals surface area contributed by atoms with Crippen LogP contribution in [-0.4, -0.2) is 30.1 Å². The van der Waals surface area contributed by atoms with Crippen molar-refractivity contribution in [3.05, 3.63) is 35.9 Å². The molecule has 0 unspecified atom stereocenters. The molecule has 0 spiro atoms. The lowest BCUT2D eigenvalue weighted by molar-refractivity contribution is -0.149. The minimum Gasteiger partial charge on any atom is -0.466 e. The van der Waals surface area contributed by atoms with E-state index in [9.17, 15) is 4.79 Å². The number of nitrogens with zero attached hydrogens (tertiary/aromatic N) is 1. The van der Waals surface area contributed by atoms with E-state index in [2.05, 4.69) is 36.1 Å². The van der Waals surface area contributed by atoms with Crippen LogP contribution >= 0.6 is 0 Å². The molecule has 20 heavy (non-hydrogen) atoms. The molecule has 3 atom stereocenters. The van der Waals surface area contributed by atoms with Gasteiger partial charge in [0.15, 0.2) is 0 Å². The molecule has 0 radical (unpaired) electrons. The maximum Gasteiger partial charge on any atom is 0.310 e. The highest BCUT2D eigenvalue weighted by molar-refractivity contribution is 5.72. The van der Waals surface area contributed by atoms with Gasteiger partial charge in [0, 0.05) is 12.1 Å². The fourth-order valence-corrected chi connectivity index (χ4v) is 3.19. The maximum atomic E-state index is 12.0. The molecule has 1 saturated heterocycles. The molecule has 0 amide bonds. The number of esters is 1. The second kappa shape index (κ2) is 6.89. The molecule has 3 heteroatoms. The van der Waals surface area contributed by atoms with Crippen LogP contribution in [0.4, 0.5) is 0 Å². The molecular formula is C17H25NO2. The highest BCUT2D eigenvalue weighted by atomic mass is 16.5. The predicted octanol–water partition coefficient (Wildman–Crippen LogP) is 3.41. The first kappa shape index (κ1) is 15.0. The molecule has 2 rings (SSSR count). The van der Waals surface area contributed by atoms with Crippen molar-refractivity contribution in [2.75, 3.05) is 13.2 Å². The molecule has 1 aliphatic rings. The number of hydrogen-bond donors (Lipinski definition) is 0. The highest BCUT2D eigenvalue weighted by Crippen LogP contribution is 2.33. The summed E-state index contributed by atoms with van der Waals surface area (Å²) in [6.07, 6.45) is 2.24. The zero-order valence-electron chi connectivity index (χ0n) is 12.7. The number of carbonyl (C=O) groups excluding carboxylic acids is 1. The summed E-state index contributed by atoms with van der Waals surface area (Å²) in [7, 11) is 0. The van der Waals surface area contributed by atoms with Crippen LogP contribution in [0, 0.1) is 5.92 Å². The van der Waals surface area contributed by atoms with Gasteiger partial charge in [-0.2, -0.15) is 0 Å². The van der Waals surface area contributed by atoms with Crippen molar-refractivity contribution in [2.24, 2.45) is 5.92 Å². The number of benzene rings is 1. The Morgan fingerprint density at radius 1 is 1.35 bits per heavy atom. The van der Waals surface area contributed by atoms with Crippen molar-refractivity contribution >= 4 is 5.97 Å². The zero-order valence-corrected chi connectivity index (χ0v) is 12.7. The Morgan fingerprint density at radius 2 is 2.05 bits per heavy atom. The molecule has 1 aliphatic heterocycles. The van der Waals surface area contributed by atoms with Crippen LogP contribution in [0.5, 0.6) is 0 Å². The van der Waals surface area contributed by atoms with Gasteiger partial charge in [0.05, 0.1) is 12.5 Å². The van der Waals surface area contributed by atoms with Gasteiger partial charge in [-0.3, -0.25) is 9.69 Å². The van der Waals surface area contributed by atoms with E-state index in [1.54, 1.807) is 0 Å². The summed E-state index contributed by atoms with van der Waals surface area (Å²) >= 11 is 0. The molecule has 110 valence electrons. The van der Waals surface area contributed by atoms with Gasteiger partial charge in [-0.15, -0.1) is 0 Å².